The smallest absolute Gasteiger partial charge is 0.236 e. The van der Waals surface area contributed by atoms with Crippen LogP contribution in [0.3, 0.4) is 0 Å². The van der Waals surface area contributed by atoms with Crippen molar-refractivity contribution in [2.24, 2.45) is 17.6 Å². The molecule has 0 aliphatic heterocycles. The normalized spacial score (nSPS) is 28.5. The van der Waals surface area contributed by atoms with Crippen molar-refractivity contribution in [1.82, 2.24) is 5.32 Å². The highest BCUT2D eigenvalue weighted by Crippen LogP contribution is 2.29. The number of carbonyl (C=O) groups is 1. The summed E-state index contributed by atoms with van der Waals surface area (Å²) < 4.78 is 0. The van der Waals surface area contributed by atoms with Crippen LogP contribution >= 0.6 is 0 Å². The Hall–Kier alpha value is -0.570. The zero-order valence-corrected chi connectivity index (χ0v) is 9.96. The van der Waals surface area contributed by atoms with Gasteiger partial charge in [0.2, 0.25) is 5.91 Å². The molecule has 0 heterocycles. The lowest BCUT2D eigenvalue weighted by molar-refractivity contribution is -0.122. The summed E-state index contributed by atoms with van der Waals surface area (Å²) in [6.45, 7) is 4.84. The summed E-state index contributed by atoms with van der Waals surface area (Å²) in [5.74, 6) is 1.69. The first kappa shape index (κ1) is 12.5. The number of nitrogens with two attached hydrogens (primary N) is 1. The zero-order valence-electron chi connectivity index (χ0n) is 9.96. The minimum atomic E-state index is -0.378. The van der Waals surface area contributed by atoms with Crippen LogP contribution < -0.4 is 11.1 Å². The maximum absolute atomic E-state index is 11.2. The van der Waals surface area contributed by atoms with Gasteiger partial charge in [0.1, 0.15) is 0 Å². The summed E-state index contributed by atoms with van der Waals surface area (Å²) in [5.41, 5.74) is 5.46. The molecule has 88 valence electrons. The lowest BCUT2D eigenvalue weighted by atomic mass is 9.81. The van der Waals surface area contributed by atoms with Crippen molar-refractivity contribution in [3.8, 4) is 0 Å². The van der Waals surface area contributed by atoms with Gasteiger partial charge in [0.25, 0.3) is 0 Å². The second kappa shape index (κ2) is 6.11. The molecule has 1 atom stereocenters. The largest absolute Gasteiger partial charge is 0.355 e. The summed E-state index contributed by atoms with van der Waals surface area (Å²) in [4.78, 5) is 11.2. The third-order valence-corrected chi connectivity index (χ3v) is 3.40. The van der Waals surface area contributed by atoms with Crippen LogP contribution in [0.5, 0.6) is 0 Å². The van der Waals surface area contributed by atoms with Crippen molar-refractivity contribution in [3.63, 3.8) is 0 Å². The van der Waals surface area contributed by atoms with E-state index in [9.17, 15) is 4.79 Å². The Morgan fingerprint density at radius 2 is 2.00 bits per heavy atom. The van der Waals surface area contributed by atoms with Gasteiger partial charge in [-0.15, -0.1) is 0 Å². The first-order valence-electron chi connectivity index (χ1n) is 6.13. The number of nitrogens with one attached hydrogen (secondary N) is 1. The Morgan fingerprint density at radius 3 is 2.53 bits per heavy atom. The molecule has 1 fully saturated rings. The molecule has 3 N–H and O–H groups in total. The van der Waals surface area contributed by atoms with E-state index in [0.29, 0.717) is 0 Å². The van der Waals surface area contributed by atoms with E-state index in [0.717, 1.165) is 24.8 Å². The lowest BCUT2D eigenvalue weighted by Crippen LogP contribution is -2.39. The van der Waals surface area contributed by atoms with Gasteiger partial charge in [-0.05, 0) is 25.2 Å². The number of hydrogen-bond donors (Lipinski definition) is 2. The quantitative estimate of drug-likeness (QED) is 0.744. The van der Waals surface area contributed by atoms with Gasteiger partial charge in [0.15, 0.2) is 0 Å². The van der Waals surface area contributed by atoms with Gasteiger partial charge in [0, 0.05) is 6.54 Å². The third-order valence-electron chi connectivity index (χ3n) is 3.40. The van der Waals surface area contributed by atoms with E-state index >= 15 is 0 Å². The van der Waals surface area contributed by atoms with Gasteiger partial charge in [0.05, 0.1) is 6.04 Å². The molecular weight excluding hydrogens is 188 g/mol. The zero-order chi connectivity index (χ0) is 11.3. The van der Waals surface area contributed by atoms with Crippen molar-refractivity contribution >= 4 is 5.91 Å². The molecule has 0 spiro atoms. The van der Waals surface area contributed by atoms with E-state index in [1.807, 2.05) is 0 Å². The highest BCUT2D eigenvalue weighted by atomic mass is 16.2. The molecule has 0 saturated heterocycles. The second-order valence-electron chi connectivity index (χ2n) is 4.99. The summed E-state index contributed by atoms with van der Waals surface area (Å²) >= 11 is 0. The van der Waals surface area contributed by atoms with Crippen LogP contribution in [0.15, 0.2) is 0 Å². The molecule has 1 amide bonds. The number of amides is 1. The second-order valence-corrected chi connectivity index (χ2v) is 4.99. The van der Waals surface area contributed by atoms with Crippen LogP contribution in [-0.4, -0.2) is 18.5 Å². The number of carbonyl (C=O) groups excluding carboxylic acids is 1. The van der Waals surface area contributed by atoms with Crippen LogP contribution in [0.1, 0.15) is 46.0 Å². The Labute approximate surface area is 92.8 Å². The van der Waals surface area contributed by atoms with E-state index in [1.54, 1.807) is 6.92 Å². The van der Waals surface area contributed by atoms with Crippen LogP contribution in [0, 0.1) is 11.8 Å². The average Bonchev–Trinajstić information content (AvgIpc) is 2.20. The molecule has 0 bridgehead atoms. The van der Waals surface area contributed by atoms with Gasteiger partial charge in [-0.1, -0.05) is 32.6 Å². The Balaban J connectivity index is 2.08. The average molecular weight is 212 g/mol. The Morgan fingerprint density at radius 1 is 1.40 bits per heavy atom. The van der Waals surface area contributed by atoms with Crippen molar-refractivity contribution in [3.05, 3.63) is 0 Å². The van der Waals surface area contributed by atoms with E-state index in [-0.39, 0.29) is 11.9 Å². The van der Waals surface area contributed by atoms with Crippen molar-refractivity contribution in [2.75, 3.05) is 6.54 Å². The van der Waals surface area contributed by atoms with Crippen LogP contribution in [-0.2, 0) is 4.79 Å². The molecule has 0 aromatic heterocycles. The molecule has 3 heteroatoms. The molecule has 1 aliphatic carbocycles. The predicted octanol–water partition coefficient (Wildman–Crippen LogP) is 1.67. The fraction of sp³-hybridized carbons (Fsp3) is 0.917. The van der Waals surface area contributed by atoms with Crippen LogP contribution in [0.2, 0.25) is 0 Å². The molecule has 1 aliphatic rings. The van der Waals surface area contributed by atoms with Gasteiger partial charge >= 0.3 is 0 Å². The van der Waals surface area contributed by atoms with Gasteiger partial charge < -0.3 is 11.1 Å². The van der Waals surface area contributed by atoms with Gasteiger partial charge in [-0.25, -0.2) is 0 Å². The van der Waals surface area contributed by atoms with E-state index in [1.165, 1.54) is 25.7 Å². The molecule has 3 nitrogen and oxygen atoms in total. The lowest BCUT2D eigenvalue weighted by Gasteiger charge is -2.26. The minimum absolute atomic E-state index is 0.0285. The molecule has 0 radical (unpaired) electrons. The summed E-state index contributed by atoms with van der Waals surface area (Å²) in [7, 11) is 0. The minimum Gasteiger partial charge on any atom is -0.355 e. The number of hydrogen-bond acceptors (Lipinski definition) is 2. The van der Waals surface area contributed by atoms with E-state index in [2.05, 4.69) is 12.2 Å². The number of rotatable bonds is 4. The Bertz CT molecular complexity index is 196. The van der Waals surface area contributed by atoms with Crippen molar-refractivity contribution in [2.45, 2.75) is 52.0 Å². The van der Waals surface area contributed by atoms with Gasteiger partial charge in [-0.3, -0.25) is 4.79 Å². The third kappa shape index (κ3) is 4.65. The van der Waals surface area contributed by atoms with Gasteiger partial charge in [-0.2, -0.15) is 0 Å². The van der Waals surface area contributed by atoms with Crippen molar-refractivity contribution in [1.29, 1.82) is 0 Å². The van der Waals surface area contributed by atoms with Crippen molar-refractivity contribution < 1.29 is 4.79 Å². The predicted molar refractivity (Wildman–Crippen MR) is 62.4 cm³/mol. The first-order chi connectivity index (χ1) is 7.09. The van der Waals surface area contributed by atoms with Crippen LogP contribution in [0.4, 0.5) is 0 Å². The summed E-state index contributed by atoms with van der Waals surface area (Å²) in [5, 5.41) is 2.88. The fourth-order valence-electron chi connectivity index (χ4n) is 2.18. The Kier molecular flexibility index (Phi) is 5.09. The SMILES string of the molecule is CC1CCC(CCNC(=O)[C@@H](C)N)CC1. The molecule has 0 unspecified atom stereocenters. The highest BCUT2D eigenvalue weighted by molar-refractivity contribution is 5.80. The monoisotopic (exact) mass is 212 g/mol. The van der Waals surface area contributed by atoms with E-state index in [4.69, 9.17) is 5.73 Å². The summed E-state index contributed by atoms with van der Waals surface area (Å²) in [6, 6.07) is -0.378. The highest BCUT2D eigenvalue weighted by Gasteiger charge is 2.18. The standard InChI is InChI=1S/C12H24N2O/c1-9-3-5-11(6-4-9)7-8-14-12(15)10(2)13/h9-11H,3-8,13H2,1-2H3,(H,14,15)/t9?,10-,11?/m1/s1. The van der Waals surface area contributed by atoms with E-state index < -0.39 is 0 Å². The molecule has 0 aromatic rings. The topological polar surface area (TPSA) is 55.1 Å². The fourth-order valence-corrected chi connectivity index (χ4v) is 2.18. The maximum atomic E-state index is 11.2. The first-order valence-corrected chi connectivity index (χ1v) is 6.13. The maximum Gasteiger partial charge on any atom is 0.236 e. The molecule has 1 rings (SSSR count). The molecule has 0 aromatic carbocycles. The van der Waals surface area contributed by atoms with Crippen LogP contribution in [0.25, 0.3) is 0 Å². The summed E-state index contributed by atoms with van der Waals surface area (Å²) in [6.07, 6.45) is 6.48. The molecule has 15 heavy (non-hydrogen) atoms. The molecular formula is C12H24N2O. The molecule has 1 saturated carbocycles.